The molecule has 0 bridgehead atoms. The number of amides is 2. The van der Waals surface area contributed by atoms with Crippen LogP contribution in [0.15, 0.2) is 12.1 Å². The Balaban J connectivity index is 1.89. The van der Waals surface area contributed by atoms with E-state index in [1.165, 1.54) is 18.3 Å². The Kier molecular flexibility index (Phi) is 5.24. The molecular formula is C16H24N2O3S. The lowest BCUT2D eigenvalue weighted by atomic mass is 9.64. The zero-order chi connectivity index (χ0) is 16.3. The topological polar surface area (TPSA) is 67.4 Å². The van der Waals surface area contributed by atoms with E-state index in [2.05, 4.69) is 24.5 Å². The molecule has 22 heavy (non-hydrogen) atoms. The van der Waals surface area contributed by atoms with Crippen molar-refractivity contribution in [1.29, 1.82) is 0 Å². The maximum absolute atomic E-state index is 12.3. The third-order valence-electron chi connectivity index (χ3n) is 4.25. The van der Waals surface area contributed by atoms with Crippen LogP contribution in [0.4, 0.5) is 0 Å². The number of thiophene rings is 1. The van der Waals surface area contributed by atoms with Gasteiger partial charge in [-0.05, 0) is 25.5 Å². The maximum Gasteiger partial charge on any atom is 0.261 e. The molecule has 0 saturated heterocycles. The van der Waals surface area contributed by atoms with Gasteiger partial charge in [-0.25, -0.2) is 0 Å². The summed E-state index contributed by atoms with van der Waals surface area (Å²) >= 11 is 1.41. The van der Waals surface area contributed by atoms with Crippen molar-refractivity contribution >= 4 is 23.2 Å². The van der Waals surface area contributed by atoms with Gasteiger partial charge in [0.1, 0.15) is 0 Å². The van der Waals surface area contributed by atoms with Crippen LogP contribution in [0.5, 0.6) is 0 Å². The molecule has 6 heteroatoms. The molecule has 1 aromatic rings. The number of nitrogens with one attached hydrogen (secondary N) is 2. The normalized spacial score (nSPS) is 22.7. The average Bonchev–Trinajstić information content (AvgIpc) is 2.93. The Morgan fingerprint density at radius 3 is 2.73 bits per heavy atom. The van der Waals surface area contributed by atoms with Gasteiger partial charge >= 0.3 is 0 Å². The average molecular weight is 324 g/mol. The zero-order valence-electron chi connectivity index (χ0n) is 13.6. The molecule has 1 aliphatic rings. The summed E-state index contributed by atoms with van der Waals surface area (Å²) in [6.07, 6.45) is 1.07. The van der Waals surface area contributed by atoms with Gasteiger partial charge in [0.25, 0.3) is 5.91 Å². The Labute approximate surface area is 135 Å². The molecule has 2 N–H and O–H groups in total. The molecule has 1 fully saturated rings. The zero-order valence-corrected chi connectivity index (χ0v) is 14.4. The van der Waals surface area contributed by atoms with E-state index in [1.807, 2.05) is 19.1 Å². The molecule has 2 atom stereocenters. The van der Waals surface area contributed by atoms with Crippen molar-refractivity contribution in [2.75, 3.05) is 6.61 Å². The second-order valence-corrected chi connectivity index (χ2v) is 7.37. The highest BCUT2D eigenvalue weighted by Gasteiger charge is 2.49. The molecule has 0 aromatic carbocycles. The van der Waals surface area contributed by atoms with E-state index in [9.17, 15) is 9.59 Å². The van der Waals surface area contributed by atoms with Crippen molar-refractivity contribution in [2.45, 2.75) is 52.8 Å². The number of carbonyl (C=O) groups is 2. The number of carbonyl (C=O) groups excluding carboxylic acids is 2. The summed E-state index contributed by atoms with van der Waals surface area (Å²) in [6, 6.07) is 3.82. The van der Waals surface area contributed by atoms with Crippen molar-refractivity contribution in [3.8, 4) is 0 Å². The summed E-state index contributed by atoms with van der Waals surface area (Å²) in [5.74, 6) is -0.121. The molecule has 0 radical (unpaired) electrons. The van der Waals surface area contributed by atoms with Crippen molar-refractivity contribution in [1.82, 2.24) is 10.6 Å². The Hall–Kier alpha value is -1.40. The minimum Gasteiger partial charge on any atom is -0.378 e. The predicted octanol–water partition coefficient (Wildman–Crippen LogP) is 2.32. The van der Waals surface area contributed by atoms with Gasteiger partial charge in [0.05, 0.1) is 17.5 Å². The summed E-state index contributed by atoms with van der Waals surface area (Å²) in [6.45, 7) is 8.89. The first-order valence-electron chi connectivity index (χ1n) is 7.60. The van der Waals surface area contributed by atoms with E-state index in [0.29, 0.717) is 18.0 Å². The third kappa shape index (κ3) is 3.67. The fourth-order valence-corrected chi connectivity index (χ4v) is 3.50. The van der Waals surface area contributed by atoms with Crippen LogP contribution < -0.4 is 10.6 Å². The second-order valence-electron chi connectivity index (χ2n) is 6.20. The van der Waals surface area contributed by atoms with E-state index < -0.39 is 0 Å². The Morgan fingerprint density at radius 1 is 1.41 bits per heavy atom. The lowest BCUT2D eigenvalue weighted by Crippen LogP contribution is -2.62. The van der Waals surface area contributed by atoms with Gasteiger partial charge in [0.2, 0.25) is 5.91 Å². The molecule has 1 aliphatic carbocycles. The van der Waals surface area contributed by atoms with Gasteiger partial charge in [-0.3, -0.25) is 9.59 Å². The summed E-state index contributed by atoms with van der Waals surface area (Å²) in [4.78, 5) is 24.9. The first-order valence-corrected chi connectivity index (χ1v) is 8.41. The summed E-state index contributed by atoms with van der Waals surface area (Å²) in [5.41, 5.74) is -0.0397. The molecular weight excluding hydrogens is 300 g/mol. The quantitative estimate of drug-likeness (QED) is 0.844. The van der Waals surface area contributed by atoms with Gasteiger partial charge in [-0.1, -0.05) is 13.8 Å². The molecule has 0 unspecified atom stereocenters. The third-order valence-corrected chi connectivity index (χ3v) is 5.33. The van der Waals surface area contributed by atoms with Crippen LogP contribution in [0, 0.1) is 5.41 Å². The molecule has 1 saturated carbocycles. The van der Waals surface area contributed by atoms with Gasteiger partial charge in [-0.15, -0.1) is 11.3 Å². The van der Waals surface area contributed by atoms with Gasteiger partial charge in [0, 0.05) is 29.9 Å². The lowest BCUT2D eigenvalue weighted by Gasteiger charge is -2.51. The van der Waals surface area contributed by atoms with Gasteiger partial charge in [0.15, 0.2) is 0 Å². The summed E-state index contributed by atoms with van der Waals surface area (Å²) < 4.78 is 5.68. The molecule has 1 heterocycles. The van der Waals surface area contributed by atoms with Crippen molar-refractivity contribution in [3.63, 3.8) is 0 Å². The number of rotatable bonds is 6. The molecule has 2 rings (SSSR count). The fraction of sp³-hybridized carbons (Fsp3) is 0.625. The van der Waals surface area contributed by atoms with E-state index in [4.69, 9.17) is 4.74 Å². The van der Waals surface area contributed by atoms with Gasteiger partial charge in [-0.2, -0.15) is 0 Å². The highest BCUT2D eigenvalue weighted by atomic mass is 32.1. The van der Waals surface area contributed by atoms with Crippen molar-refractivity contribution < 1.29 is 14.3 Å². The second kappa shape index (κ2) is 6.79. The monoisotopic (exact) mass is 324 g/mol. The van der Waals surface area contributed by atoms with Crippen LogP contribution in [0.2, 0.25) is 0 Å². The number of hydrogen-bond acceptors (Lipinski definition) is 4. The summed E-state index contributed by atoms with van der Waals surface area (Å²) in [5, 5.41) is 5.83. The largest absolute Gasteiger partial charge is 0.378 e. The minimum absolute atomic E-state index is 0.0397. The van der Waals surface area contributed by atoms with E-state index in [1.54, 1.807) is 0 Å². The van der Waals surface area contributed by atoms with Gasteiger partial charge < -0.3 is 15.4 Å². The smallest absolute Gasteiger partial charge is 0.261 e. The first-order chi connectivity index (χ1) is 10.3. The van der Waals surface area contributed by atoms with E-state index in [0.717, 1.165) is 11.3 Å². The fourth-order valence-electron chi connectivity index (χ4n) is 2.65. The maximum atomic E-state index is 12.3. The predicted molar refractivity (Wildman–Crippen MR) is 86.9 cm³/mol. The van der Waals surface area contributed by atoms with Crippen LogP contribution in [0.25, 0.3) is 0 Å². The molecule has 2 amide bonds. The Morgan fingerprint density at radius 2 is 2.14 bits per heavy atom. The number of ether oxygens (including phenoxy) is 1. The van der Waals surface area contributed by atoms with Crippen molar-refractivity contribution in [3.05, 3.63) is 21.9 Å². The highest BCUT2D eigenvalue weighted by molar-refractivity contribution is 7.14. The highest BCUT2D eigenvalue weighted by Crippen LogP contribution is 2.42. The first kappa shape index (κ1) is 17.0. The standard InChI is InChI=1S/C16H24N2O3S/c1-5-21-14-8-13(16(14,3)4)18-15(20)12-7-6-11(22-12)9-17-10(2)19/h6-7,13-14H,5,8-9H2,1-4H3,(H,17,19)(H,18,20)/t13-,14-/m1/s1. The molecule has 1 aromatic heterocycles. The van der Waals surface area contributed by atoms with Crippen LogP contribution >= 0.6 is 11.3 Å². The minimum atomic E-state index is -0.0717. The Bertz CT molecular complexity index is 553. The van der Waals surface area contributed by atoms with Crippen LogP contribution in [-0.2, 0) is 16.1 Å². The lowest BCUT2D eigenvalue weighted by molar-refractivity contribution is -0.119. The summed E-state index contributed by atoms with van der Waals surface area (Å²) in [7, 11) is 0. The molecule has 5 nitrogen and oxygen atoms in total. The molecule has 122 valence electrons. The van der Waals surface area contributed by atoms with E-state index >= 15 is 0 Å². The SMILES string of the molecule is CCO[C@@H]1C[C@@H](NC(=O)c2ccc(CNC(C)=O)s2)C1(C)C. The van der Waals surface area contributed by atoms with Crippen LogP contribution in [0.1, 0.15) is 48.7 Å². The molecule has 0 aliphatic heterocycles. The van der Waals surface area contributed by atoms with E-state index in [-0.39, 0.29) is 29.4 Å². The molecule has 0 spiro atoms. The van der Waals surface area contributed by atoms with Crippen LogP contribution in [0.3, 0.4) is 0 Å². The van der Waals surface area contributed by atoms with Crippen LogP contribution in [-0.4, -0.2) is 30.6 Å². The number of hydrogen-bond donors (Lipinski definition) is 2. The van der Waals surface area contributed by atoms with Crippen molar-refractivity contribution in [2.24, 2.45) is 5.41 Å².